The van der Waals surface area contributed by atoms with Crippen molar-refractivity contribution in [1.82, 2.24) is 9.78 Å². The smallest absolute Gasteiger partial charge is 0.356 e. The third-order valence-electron chi connectivity index (χ3n) is 3.56. The molecule has 1 heterocycles. The summed E-state index contributed by atoms with van der Waals surface area (Å²) in [5.74, 6) is -1.02. The first-order chi connectivity index (χ1) is 9.06. The van der Waals surface area contributed by atoms with Gasteiger partial charge in [-0.3, -0.25) is 4.68 Å². The molecule has 0 fully saturated rings. The standard InChI is InChI=1S/C14H13ClN2O2/c1-17-13(7-12(16-17)14(18)19)9-5-8-3-2-4-10(8)11(15)6-9/h5-7H,2-4H2,1H3,(H,18,19). The van der Waals surface area contributed by atoms with Crippen molar-refractivity contribution in [3.8, 4) is 11.3 Å². The summed E-state index contributed by atoms with van der Waals surface area (Å²) in [6.07, 6.45) is 3.19. The van der Waals surface area contributed by atoms with Crippen LogP contribution in [0, 0.1) is 0 Å². The van der Waals surface area contributed by atoms with E-state index in [1.165, 1.54) is 11.1 Å². The highest BCUT2D eigenvalue weighted by Crippen LogP contribution is 2.34. The molecule has 0 spiro atoms. The molecule has 5 heteroatoms. The predicted molar refractivity (Wildman–Crippen MR) is 72.6 cm³/mol. The highest BCUT2D eigenvalue weighted by Gasteiger charge is 2.18. The van der Waals surface area contributed by atoms with Crippen LogP contribution in [-0.2, 0) is 19.9 Å². The molecule has 1 N–H and O–H groups in total. The van der Waals surface area contributed by atoms with Crippen molar-refractivity contribution in [2.45, 2.75) is 19.3 Å². The average molecular weight is 277 g/mol. The summed E-state index contributed by atoms with van der Waals surface area (Å²) in [7, 11) is 1.74. The number of hydrogen-bond donors (Lipinski definition) is 1. The van der Waals surface area contributed by atoms with Gasteiger partial charge < -0.3 is 5.11 Å². The molecule has 0 radical (unpaired) electrons. The largest absolute Gasteiger partial charge is 0.476 e. The summed E-state index contributed by atoms with van der Waals surface area (Å²) in [6, 6.07) is 5.57. The van der Waals surface area contributed by atoms with Crippen LogP contribution in [0.2, 0.25) is 5.02 Å². The van der Waals surface area contributed by atoms with Gasteiger partial charge in [-0.15, -0.1) is 0 Å². The molecule has 0 saturated carbocycles. The van der Waals surface area contributed by atoms with Gasteiger partial charge in [0.05, 0.1) is 5.69 Å². The lowest BCUT2D eigenvalue weighted by molar-refractivity contribution is 0.0689. The minimum atomic E-state index is -1.02. The van der Waals surface area contributed by atoms with Crippen LogP contribution in [0.1, 0.15) is 28.0 Å². The Balaban J connectivity index is 2.12. The van der Waals surface area contributed by atoms with Crippen LogP contribution < -0.4 is 0 Å². The van der Waals surface area contributed by atoms with E-state index < -0.39 is 5.97 Å². The minimum absolute atomic E-state index is 0.0501. The fraction of sp³-hybridized carbons (Fsp3) is 0.286. The summed E-state index contributed by atoms with van der Waals surface area (Å²) >= 11 is 6.30. The van der Waals surface area contributed by atoms with Gasteiger partial charge in [0.1, 0.15) is 0 Å². The number of carboxylic acid groups (broad SMARTS) is 1. The quantitative estimate of drug-likeness (QED) is 0.917. The van der Waals surface area contributed by atoms with E-state index >= 15 is 0 Å². The number of carbonyl (C=O) groups is 1. The fourth-order valence-corrected chi connectivity index (χ4v) is 2.98. The fourth-order valence-electron chi connectivity index (χ4n) is 2.64. The van der Waals surface area contributed by atoms with Gasteiger partial charge in [-0.2, -0.15) is 5.10 Å². The maximum atomic E-state index is 11.0. The van der Waals surface area contributed by atoms with Crippen molar-refractivity contribution in [2.24, 2.45) is 7.05 Å². The Kier molecular flexibility index (Phi) is 2.82. The molecule has 0 amide bonds. The van der Waals surface area contributed by atoms with Gasteiger partial charge in [0.25, 0.3) is 0 Å². The summed E-state index contributed by atoms with van der Waals surface area (Å²) < 4.78 is 1.58. The molecule has 19 heavy (non-hydrogen) atoms. The van der Waals surface area contributed by atoms with Crippen molar-refractivity contribution in [2.75, 3.05) is 0 Å². The number of nitrogens with zero attached hydrogens (tertiary/aromatic N) is 2. The Labute approximate surface area is 115 Å². The number of fused-ring (bicyclic) bond motifs is 1. The van der Waals surface area contributed by atoms with Gasteiger partial charge in [-0.25, -0.2) is 4.79 Å². The molecule has 1 aliphatic carbocycles. The van der Waals surface area contributed by atoms with E-state index in [9.17, 15) is 4.79 Å². The zero-order chi connectivity index (χ0) is 13.6. The Hall–Kier alpha value is -1.81. The van der Waals surface area contributed by atoms with Gasteiger partial charge in [-0.1, -0.05) is 11.6 Å². The van der Waals surface area contributed by atoms with Crippen molar-refractivity contribution in [1.29, 1.82) is 0 Å². The molecule has 4 nitrogen and oxygen atoms in total. The summed E-state index contributed by atoms with van der Waals surface area (Å²) in [5, 5.41) is 13.7. The normalized spacial score (nSPS) is 13.6. The second-order valence-electron chi connectivity index (χ2n) is 4.79. The van der Waals surface area contributed by atoms with Crippen molar-refractivity contribution in [3.05, 3.63) is 40.0 Å². The van der Waals surface area contributed by atoms with Gasteiger partial charge in [0.15, 0.2) is 5.69 Å². The molecular formula is C14H13ClN2O2. The Morgan fingerprint density at radius 2 is 2.16 bits per heavy atom. The van der Waals surface area contributed by atoms with Gasteiger partial charge in [0.2, 0.25) is 0 Å². The topological polar surface area (TPSA) is 55.1 Å². The molecule has 3 rings (SSSR count). The number of aromatic nitrogens is 2. The van der Waals surface area contributed by atoms with Gasteiger partial charge in [-0.05, 0) is 48.6 Å². The predicted octanol–water partition coefficient (Wildman–Crippen LogP) is 2.93. The zero-order valence-electron chi connectivity index (χ0n) is 10.5. The van der Waals surface area contributed by atoms with Crippen molar-refractivity contribution < 1.29 is 9.90 Å². The highest BCUT2D eigenvalue weighted by atomic mass is 35.5. The molecule has 0 bridgehead atoms. The van der Waals surface area contributed by atoms with Crippen LogP contribution in [-0.4, -0.2) is 20.9 Å². The minimum Gasteiger partial charge on any atom is -0.476 e. The lowest BCUT2D eigenvalue weighted by Gasteiger charge is -2.07. The highest BCUT2D eigenvalue weighted by molar-refractivity contribution is 6.31. The maximum absolute atomic E-state index is 11.0. The lowest BCUT2D eigenvalue weighted by Crippen LogP contribution is -1.99. The monoisotopic (exact) mass is 276 g/mol. The van der Waals surface area contributed by atoms with Crippen molar-refractivity contribution in [3.63, 3.8) is 0 Å². The van der Waals surface area contributed by atoms with E-state index in [-0.39, 0.29) is 5.69 Å². The van der Waals surface area contributed by atoms with E-state index in [1.54, 1.807) is 17.8 Å². The molecule has 0 saturated heterocycles. The van der Waals surface area contributed by atoms with Crippen LogP contribution in [0.25, 0.3) is 11.3 Å². The first kappa shape index (κ1) is 12.2. The van der Waals surface area contributed by atoms with Gasteiger partial charge >= 0.3 is 5.97 Å². The van der Waals surface area contributed by atoms with Crippen LogP contribution in [0.15, 0.2) is 18.2 Å². The van der Waals surface area contributed by atoms with E-state index in [1.807, 2.05) is 6.07 Å². The SMILES string of the molecule is Cn1nc(C(=O)O)cc1-c1cc(Cl)c2c(c1)CCC2. The molecule has 1 aromatic heterocycles. The van der Waals surface area contributed by atoms with Crippen molar-refractivity contribution >= 4 is 17.6 Å². The maximum Gasteiger partial charge on any atom is 0.356 e. The van der Waals surface area contributed by atoms with Crippen LogP contribution in [0.3, 0.4) is 0 Å². The third kappa shape index (κ3) is 2.02. The molecule has 1 aromatic carbocycles. The molecule has 0 aliphatic heterocycles. The average Bonchev–Trinajstić information content (AvgIpc) is 2.95. The summed E-state index contributed by atoms with van der Waals surface area (Å²) in [6.45, 7) is 0. The number of aryl methyl sites for hydroxylation is 2. The van der Waals surface area contributed by atoms with E-state index in [0.717, 1.165) is 35.5 Å². The molecule has 2 aromatic rings. The molecule has 0 atom stereocenters. The number of hydrogen-bond acceptors (Lipinski definition) is 2. The lowest BCUT2D eigenvalue weighted by atomic mass is 10.0. The Bertz CT molecular complexity index is 676. The Morgan fingerprint density at radius 1 is 1.37 bits per heavy atom. The zero-order valence-corrected chi connectivity index (χ0v) is 11.2. The summed E-state index contributed by atoms with van der Waals surface area (Å²) in [5.41, 5.74) is 4.24. The molecule has 0 unspecified atom stereocenters. The number of carboxylic acids is 1. The Morgan fingerprint density at radius 3 is 2.84 bits per heavy atom. The number of rotatable bonds is 2. The molecule has 1 aliphatic rings. The van der Waals surface area contributed by atoms with E-state index in [2.05, 4.69) is 11.2 Å². The first-order valence-electron chi connectivity index (χ1n) is 6.15. The molecule has 98 valence electrons. The van der Waals surface area contributed by atoms with Crippen LogP contribution >= 0.6 is 11.6 Å². The third-order valence-corrected chi connectivity index (χ3v) is 3.89. The number of halogens is 1. The van der Waals surface area contributed by atoms with Gasteiger partial charge in [0, 0.05) is 17.6 Å². The van der Waals surface area contributed by atoms with Crippen LogP contribution in [0.5, 0.6) is 0 Å². The second-order valence-corrected chi connectivity index (χ2v) is 5.20. The van der Waals surface area contributed by atoms with E-state index in [0.29, 0.717) is 0 Å². The number of aromatic carboxylic acids is 1. The molecular weight excluding hydrogens is 264 g/mol. The number of benzene rings is 1. The van der Waals surface area contributed by atoms with E-state index in [4.69, 9.17) is 16.7 Å². The summed E-state index contributed by atoms with van der Waals surface area (Å²) in [4.78, 5) is 11.0. The second kappa shape index (κ2) is 4.38. The van der Waals surface area contributed by atoms with Crippen LogP contribution in [0.4, 0.5) is 0 Å². The first-order valence-corrected chi connectivity index (χ1v) is 6.53.